The third-order valence-electron chi connectivity index (χ3n) is 4.61. The molecule has 0 aliphatic rings. The maximum atomic E-state index is 5.85. The van der Waals surface area contributed by atoms with E-state index >= 15 is 0 Å². The monoisotopic (exact) mass is 530 g/mol. The number of thiazole rings is 2. The van der Waals surface area contributed by atoms with Gasteiger partial charge in [-0.2, -0.15) is 9.97 Å². The molecule has 6 aromatic rings. The van der Waals surface area contributed by atoms with Gasteiger partial charge < -0.3 is 20.6 Å². The van der Waals surface area contributed by atoms with Crippen molar-refractivity contribution in [1.82, 2.24) is 39.9 Å². The van der Waals surface area contributed by atoms with Gasteiger partial charge in [-0.3, -0.25) is 4.98 Å². The van der Waals surface area contributed by atoms with Gasteiger partial charge >= 0.3 is 0 Å². The van der Waals surface area contributed by atoms with E-state index in [2.05, 4.69) is 50.5 Å². The van der Waals surface area contributed by atoms with Crippen LogP contribution in [0.15, 0.2) is 47.1 Å². The maximum Gasteiger partial charge on any atom is 0.226 e. The van der Waals surface area contributed by atoms with Crippen LogP contribution in [0.4, 0.5) is 11.6 Å². The van der Waals surface area contributed by atoms with Crippen molar-refractivity contribution >= 4 is 79.6 Å². The number of halogens is 2. The largest absolute Gasteiger partial charge is 0.364 e. The van der Waals surface area contributed by atoms with E-state index in [1.807, 2.05) is 36.1 Å². The van der Waals surface area contributed by atoms with Crippen molar-refractivity contribution in [2.75, 3.05) is 10.6 Å². The highest BCUT2D eigenvalue weighted by Crippen LogP contribution is 2.22. The summed E-state index contributed by atoms with van der Waals surface area (Å²) in [7, 11) is 0. The zero-order chi connectivity index (χ0) is 23.3. The van der Waals surface area contributed by atoms with Gasteiger partial charge in [-0.1, -0.05) is 0 Å². The molecule has 0 bridgehead atoms. The molecule has 10 nitrogen and oxygen atoms in total. The topological polar surface area (TPSA) is 133 Å². The third kappa shape index (κ3) is 5.25. The van der Waals surface area contributed by atoms with Crippen LogP contribution in [0, 0.1) is 0 Å². The molecule has 6 aromatic heterocycles. The first-order valence-corrected chi connectivity index (χ1v) is 12.5. The fourth-order valence-corrected chi connectivity index (χ4v) is 4.53. The van der Waals surface area contributed by atoms with Gasteiger partial charge in [0.2, 0.25) is 10.6 Å². The molecule has 0 fully saturated rings. The Morgan fingerprint density at radius 2 is 1.47 bits per heavy atom. The van der Waals surface area contributed by atoms with E-state index in [1.165, 1.54) is 0 Å². The number of H-pyrrole nitrogens is 2. The first kappa shape index (κ1) is 22.5. The van der Waals surface area contributed by atoms with Gasteiger partial charge in [0.15, 0.2) is 0 Å². The highest BCUT2D eigenvalue weighted by Gasteiger charge is 2.08. The second-order valence-electron chi connectivity index (χ2n) is 6.82. The van der Waals surface area contributed by atoms with Crippen LogP contribution in [0.5, 0.6) is 0 Å². The van der Waals surface area contributed by atoms with Gasteiger partial charge in [-0.25, -0.2) is 15.0 Å². The molecule has 0 atom stereocenters. The van der Waals surface area contributed by atoms with Crippen molar-refractivity contribution in [2.45, 2.75) is 13.1 Å². The standard InChI is InChI=1S/2C10H8ClN5S/c11-10-15-8-7(1-2-13-8)9(16-10)14-4-6-3-12-5-17-6;11-10-15-8-7(1-2-12-8)9(16-10)13-3-6-4-17-5-14-6/h1-3,5H,4H2,(H2,13,14,15,16);1-2,4-5H,3H2,(H2,12,13,15,16). The van der Waals surface area contributed by atoms with Gasteiger partial charge in [0.25, 0.3) is 0 Å². The molecule has 0 aromatic carbocycles. The Labute approximate surface area is 210 Å². The van der Waals surface area contributed by atoms with Gasteiger partial charge in [0.1, 0.15) is 22.9 Å². The summed E-state index contributed by atoms with van der Waals surface area (Å²) in [5.41, 5.74) is 6.04. The van der Waals surface area contributed by atoms with E-state index in [-0.39, 0.29) is 10.6 Å². The molecule has 0 saturated heterocycles. The lowest BCUT2D eigenvalue weighted by Crippen LogP contribution is -2.02. The van der Waals surface area contributed by atoms with Crippen molar-refractivity contribution < 1.29 is 0 Å². The zero-order valence-corrected chi connectivity index (χ0v) is 20.4. The minimum absolute atomic E-state index is 0.223. The second kappa shape index (κ2) is 10.3. The number of aromatic nitrogens is 8. The summed E-state index contributed by atoms with van der Waals surface area (Å²) in [4.78, 5) is 31.9. The summed E-state index contributed by atoms with van der Waals surface area (Å²) in [6.45, 7) is 1.30. The summed E-state index contributed by atoms with van der Waals surface area (Å²) in [6.07, 6.45) is 5.45. The predicted molar refractivity (Wildman–Crippen MR) is 137 cm³/mol. The molecule has 0 aliphatic heterocycles. The van der Waals surface area contributed by atoms with Crippen LogP contribution in [0.1, 0.15) is 10.6 Å². The Balaban J connectivity index is 0.000000142. The molecule has 0 spiro atoms. The van der Waals surface area contributed by atoms with E-state index in [0.29, 0.717) is 18.9 Å². The molecule has 0 radical (unpaired) electrons. The number of rotatable bonds is 6. The second-order valence-corrected chi connectivity index (χ2v) is 9.18. The molecular formula is C20H16Cl2N10S2. The van der Waals surface area contributed by atoms with E-state index in [4.69, 9.17) is 23.2 Å². The third-order valence-corrected chi connectivity index (χ3v) is 6.36. The van der Waals surface area contributed by atoms with Crippen molar-refractivity contribution in [2.24, 2.45) is 0 Å². The molecule has 0 aliphatic carbocycles. The number of nitrogens with one attached hydrogen (secondary N) is 4. The average molecular weight is 531 g/mol. The number of hydrogen-bond donors (Lipinski definition) is 4. The smallest absolute Gasteiger partial charge is 0.226 e. The van der Waals surface area contributed by atoms with Crippen LogP contribution in [-0.2, 0) is 13.1 Å². The van der Waals surface area contributed by atoms with Crippen LogP contribution >= 0.6 is 45.9 Å². The molecule has 6 rings (SSSR count). The first-order valence-electron chi connectivity index (χ1n) is 9.89. The van der Waals surface area contributed by atoms with E-state index < -0.39 is 0 Å². The van der Waals surface area contributed by atoms with Gasteiger partial charge in [-0.15, -0.1) is 22.7 Å². The minimum Gasteiger partial charge on any atom is -0.364 e. The van der Waals surface area contributed by atoms with Gasteiger partial charge in [0, 0.05) is 28.8 Å². The number of fused-ring (bicyclic) bond motifs is 2. The van der Waals surface area contributed by atoms with Crippen molar-refractivity contribution in [3.05, 3.63) is 68.3 Å². The first-order chi connectivity index (χ1) is 16.7. The molecule has 172 valence electrons. The Morgan fingerprint density at radius 3 is 2.03 bits per heavy atom. The Bertz CT molecular complexity index is 1380. The number of nitrogens with zero attached hydrogens (tertiary/aromatic N) is 6. The summed E-state index contributed by atoms with van der Waals surface area (Å²) in [5.74, 6) is 1.45. The summed E-state index contributed by atoms with van der Waals surface area (Å²) in [6, 6.07) is 3.83. The fourth-order valence-electron chi connectivity index (χ4n) is 3.10. The van der Waals surface area contributed by atoms with Crippen LogP contribution in [-0.4, -0.2) is 39.9 Å². The molecule has 0 unspecified atom stereocenters. The Hall–Kier alpha value is -3.32. The minimum atomic E-state index is 0.223. The number of hydrogen-bond acceptors (Lipinski definition) is 10. The van der Waals surface area contributed by atoms with Gasteiger partial charge in [-0.05, 0) is 35.3 Å². The predicted octanol–water partition coefficient (Wildman–Crippen LogP) is 5.36. The van der Waals surface area contributed by atoms with Crippen LogP contribution in [0.2, 0.25) is 10.6 Å². The van der Waals surface area contributed by atoms with Crippen LogP contribution < -0.4 is 10.6 Å². The van der Waals surface area contributed by atoms with Crippen LogP contribution in [0.3, 0.4) is 0 Å². The van der Waals surface area contributed by atoms with E-state index in [1.54, 1.807) is 33.7 Å². The molecule has 0 saturated carbocycles. The maximum absolute atomic E-state index is 5.85. The molecular weight excluding hydrogens is 515 g/mol. The zero-order valence-electron chi connectivity index (χ0n) is 17.3. The van der Waals surface area contributed by atoms with Crippen molar-refractivity contribution in [3.8, 4) is 0 Å². The number of anilines is 2. The molecule has 34 heavy (non-hydrogen) atoms. The van der Waals surface area contributed by atoms with E-state index in [9.17, 15) is 0 Å². The molecule has 4 N–H and O–H groups in total. The lowest BCUT2D eigenvalue weighted by atomic mass is 10.3. The quantitative estimate of drug-likeness (QED) is 0.211. The summed E-state index contributed by atoms with van der Waals surface area (Å²) >= 11 is 14.9. The van der Waals surface area contributed by atoms with Crippen LogP contribution in [0.25, 0.3) is 22.1 Å². The molecule has 6 heterocycles. The Kier molecular flexibility index (Phi) is 6.81. The highest BCUT2D eigenvalue weighted by molar-refractivity contribution is 7.09. The lowest BCUT2D eigenvalue weighted by molar-refractivity contribution is 1.05. The number of aromatic amines is 2. The summed E-state index contributed by atoms with van der Waals surface area (Å²) in [5, 5.41) is 10.7. The molecule has 0 amide bonds. The highest BCUT2D eigenvalue weighted by atomic mass is 35.5. The normalized spacial score (nSPS) is 10.9. The lowest BCUT2D eigenvalue weighted by Gasteiger charge is -2.05. The SMILES string of the molecule is Clc1nc(NCc2cncs2)c2cc[nH]c2n1.Clc1nc(NCc2cscn2)c2cc[nH]c2n1. The molecule has 14 heteroatoms. The van der Waals surface area contributed by atoms with E-state index in [0.717, 1.165) is 38.5 Å². The van der Waals surface area contributed by atoms with Crippen molar-refractivity contribution in [1.29, 1.82) is 0 Å². The van der Waals surface area contributed by atoms with Gasteiger partial charge in [0.05, 0.1) is 40.6 Å². The average Bonchev–Trinajstić information content (AvgIpc) is 3.63. The Morgan fingerprint density at radius 1 is 0.824 bits per heavy atom. The fraction of sp³-hybridized carbons (Fsp3) is 0.100. The van der Waals surface area contributed by atoms with Crippen molar-refractivity contribution in [3.63, 3.8) is 0 Å². The summed E-state index contributed by atoms with van der Waals surface area (Å²) < 4.78 is 0.